The van der Waals surface area contributed by atoms with E-state index >= 15 is 0 Å². The first-order chi connectivity index (χ1) is 11.4. The molecule has 1 N–H and O–H groups in total. The Morgan fingerprint density at radius 3 is 2.83 bits per heavy atom. The number of hydrogen-bond acceptors (Lipinski definition) is 3. The van der Waals surface area contributed by atoms with Gasteiger partial charge >= 0.3 is 5.69 Å². The molecule has 1 fully saturated rings. The van der Waals surface area contributed by atoms with Gasteiger partial charge in [0.05, 0.1) is 11.1 Å². The average Bonchev–Trinajstić information content (AvgIpc) is 3.29. The van der Waals surface area contributed by atoms with Crippen molar-refractivity contribution in [1.82, 2.24) is 19.7 Å². The molecule has 0 bridgehead atoms. The number of amides is 1. The Balaban J connectivity index is 1.68. The first kappa shape index (κ1) is 16.7. The van der Waals surface area contributed by atoms with Crippen LogP contribution in [0.1, 0.15) is 43.2 Å². The van der Waals surface area contributed by atoms with Gasteiger partial charge in [-0.25, -0.2) is 13.9 Å². The van der Waals surface area contributed by atoms with E-state index < -0.39 is 11.9 Å². The zero-order valence-electron chi connectivity index (χ0n) is 13.4. The summed E-state index contributed by atoms with van der Waals surface area (Å²) in [5.74, 6) is -0.284. The van der Waals surface area contributed by atoms with Gasteiger partial charge in [0.2, 0.25) is 5.91 Å². The van der Waals surface area contributed by atoms with Crippen molar-refractivity contribution in [2.24, 2.45) is 0 Å². The Morgan fingerprint density at radius 1 is 1.50 bits per heavy atom. The maximum Gasteiger partial charge on any atom is 0.346 e. The highest BCUT2D eigenvalue weighted by molar-refractivity contribution is 6.30. The van der Waals surface area contributed by atoms with E-state index in [0.717, 1.165) is 17.5 Å². The second-order valence-electron chi connectivity index (χ2n) is 6.05. The Kier molecular flexibility index (Phi) is 4.45. The molecule has 2 aromatic rings. The quantitative estimate of drug-likeness (QED) is 0.898. The first-order valence-corrected chi connectivity index (χ1v) is 8.15. The van der Waals surface area contributed by atoms with E-state index in [1.807, 2.05) is 0 Å². The summed E-state index contributed by atoms with van der Waals surface area (Å²) in [4.78, 5) is 24.4. The van der Waals surface area contributed by atoms with Gasteiger partial charge in [-0.05, 0) is 44.4 Å². The van der Waals surface area contributed by atoms with Crippen LogP contribution in [0.25, 0.3) is 0 Å². The van der Waals surface area contributed by atoms with E-state index in [1.54, 1.807) is 24.5 Å². The number of halogens is 2. The van der Waals surface area contributed by atoms with Gasteiger partial charge in [0.25, 0.3) is 0 Å². The largest absolute Gasteiger partial charge is 0.348 e. The Morgan fingerprint density at radius 2 is 2.21 bits per heavy atom. The highest BCUT2D eigenvalue weighted by Crippen LogP contribution is 2.33. The predicted molar refractivity (Wildman–Crippen MR) is 87.5 cm³/mol. The van der Waals surface area contributed by atoms with Crippen LogP contribution in [0, 0.1) is 12.7 Å². The Bertz CT molecular complexity index is 841. The molecule has 1 aliphatic carbocycles. The second kappa shape index (κ2) is 6.39. The van der Waals surface area contributed by atoms with Crippen LogP contribution in [0.5, 0.6) is 0 Å². The average molecular weight is 353 g/mol. The number of benzene rings is 1. The standard InChI is InChI=1S/C16H18ClFN4O2/c1-9(11-3-6-13(17)14(18)7-11)19-15(23)8-21-16(24)22(10(2)20-21)12-4-5-12/h3,6-7,9,12H,4-5,8H2,1-2H3,(H,19,23)/t9-/m0/s1. The van der Waals surface area contributed by atoms with Gasteiger partial charge in [0.15, 0.2) is 0 Å². The second-order valence-corrected chi connectivity index (χ2v) is 6.46. The van der Waals surface area contributed by atoms with Gasteiger partial charge in [-0.15, -0.1) is 0 Å². The zero-order chi connectivity index (χ0) is 17.4. The number of nitrogens with zero attached hydrogens (tertiary/aromatic N) is 3. The fraction of sp³-hybridized carbons (Fsp3) is 0.438. The smallest absolute Gasteiger partial charge is 0.346 e. The number of nitrogens with one attached hydrogen (secondary N) is 1. The molecule has 128 valence electrons. The van der Waals surface area contributed by atoms with Gasteiger partial charge in [0.1, 0.15) is 18.2 Å². The highest BCUT2D eigenvalue weighted by Gasteiger charge is 2.28. The minimum atomic E-state index is -0.537. The van der Waals surface area contributed by atoms with Crippen LogP contribution in [-0.2, 0) is 11.3 Å². The van der Waals surface area contributed by atoms with E-state index in [1.165, 1.54) is 12.1 Å². The van der Waals surface area contributed by atoms with E-state index in [9.17, 15) is 14.0 Å². The molecule has 1 amide bonds. The summed E-state index contributed by atoms with van der Waals surface area (Å²) in [5, 5.41) is 6.91. The molecule has 0 spiro atoms. The number of aromatic nitrogens is 3. The van der Waals surface area contributed by atoms with Crippen molar-refractivity contribution in [3.8, 4) is 0 Å². The molecular formula is C16H18ClFN4O2. The van der Waals surface area contributed by atoms with Crippen molar-refractivity contribution >= 4 is 17.5 Å². The summed E-state index contributed by atoms with van der Waals surface area (Å²) in [6.45, 7) is 3.32. The fourth-order valence-corrected chi connectivity index (χ4v) is 2.79. The van der Waals surface area contributed by atoms with E-state index in [4.69, 9.17) is 11.6 Å². The van der Waals surface area contributed by atoms with Gasteiger partial charge in [0, 0.05) is 6.04 Å². The van der Waals surface area contributed by atoms with Crippen molar-refractivity contribution in [2.45, 2.75) is 45.3 Å². The van der Waals surface area contributed by atoms with Crippen LogP contribution < -0.4 is 11.0 Å². The molecule has 1 aromatic heterocycles. The number of aryl methyl sites for hydroxylation is 1. The van der Waals surface area contributed by atoms with Crippen LogP contribution in [0.15, 0.2) is 23.0 Å². The SMILES string of the molecule is Cc1nn(CC(=O)N[C@@H](C)c2ccc(Cl)c(F)c2)c(=O)n1C1CC1. The van der Waals surface area contributed by atoms with E-state index in [2.05, 4.69) is 10.4 Å². The normalized spacial score (nSPS) is 15.3. The predicted octanol–water partition coefficient (Wildman–Crippen LogP) is 2.36. The molecular weight excluding hydrogens is 335 g/mol. The molecule has 3 rings (SSSR count). The summed E-state index contributed by atoms with van der Waals surface area (Å²) < 4.78 is 16.3. The summed E-state index contributed by atoms with van der Waals surface area (Å²) in [6, 6.07) is 4.18. The molecule has 24 heavy (non-hydrogen) atoms. The molecule has 8 heteroatoms. The van der Waals surface area contributed by atoms with Crippen molar-refractivity contribution in [3.05, 3.63) is 50.9 Å². The molecule has 1 saturated carbocycles. The van der Waals surface area contributed by atoms with Crippen LogP contribution in [0.2, 0.25) is 5.02 Å². The fourth-order valence-electron chi connectivity index (χ4n) is 2.67. The van der Waals surface area contributed by atoms with Crippen LogP contribution in [0.4, 0.5) is 4.39 Å². The molecule has 1 heterocycles. The van der Waals surface area contributed by atoms with Crippen molar-refractivity contribution in [2.75, 3.05) is 0 Å². The third-order valence-corrected chi connectivity index (χ3v) is 4.37. The monoisotopic (exact) mass is 352 g/mol. The molecule has 0 aliphatic heterocycles. The van der Waals surface area contributed by atoms with Crippen molar-refractivity contribution < 1.29 is 9.18 Å². The molecule has 1 atom stereocenters. The van der Waals surface area contributed by atoms with Crippen LogP contribution in [0.3, 0.4) is 0 Å². The summed E-state index contributed by atoms with van der Waals surface area (Å²) in [7, 11) is 0. The third kappa shape index (κ3) is 3.36. The number of hydrogen-bond donors (Lipinski definition) is 1. The lowest BCUT2D eigenvalue weighted by Crippen LogP contribution is -2.34. The van der Waals surface area contributed by atoms with Gasteiger partial charge in [-0.1, -0.05) is 17.7 Å². The highest BCUT2D eigenvalue weighted by atomic mass is 35.5. The first-order valence-electron chi connectivity index (χ1n) is 7.77. The van der Waals surface area contributed by atoms with Crippen molar-refractivity contribution in [1.29, 1.82) is 0 Å². The molecule has 1 aromatic carbocycles. The van der Waals surface area contributed by atoms with Gasteiger partial charge in [-0.3, -0.25) is 9.36 Å². The summed E-state index contributed by atoms with van der Waals surface area (Å²) in [5.41, 5.74) is 0.327. The Hall–Kier alpha value is -2.15. The maximum atomic E-state index is 13.5. The molecule has 0 radical (unpaired) electrons. The molecule has 0 unspecified atom stereocenters. The maximum absolute atomic E-state index is 13.5. The topological polar surface area (TPSA) is 68.9 Å². The van der Waals surface area contributed by atoms with Gasteiger partial charge in [-0.2, -0.15) is 5.10 Å². The number of carbonyl (C=O) groups is 1. The lowest BCUT2D eigenvalue weighted by Gasteiger charge is -2.14. The van der Waals surface area contributed by atoms with Crippen LogP contribution >= 0.6 is 11.6 Å². The van der Waals surface area contributed by atoms with Gasteiger partial charge < -0.3 is 5.32 Å². The minimum Gasteiger partial charge on any atom is -0.348 e. The lowest BCUT2D eigenvalue weighted by atomic mass is 10.1. The summed E-state index contributed by atoms with van der Waals surface area (Å²) >= 11 is 5.65. The summed E-state index contributed by atoms with van der Waals surface area (Å²) in [6.07, 6.45) is 1.94. The number of carbonyl (C=O) groups excluding carboxylic acids is 1. The zero-order valence-corrected chi connectivity index (χ0v) is 14.2. The molecule has 0 saturated heterocycles. The minimum absolute atomic E-state index is 0.0323. The molecule has 6 nitrogen and oxygen atoms in total. The van der Waals surface area contributed by atoms with E-state index in [0.29, 0.717) is 11.4 Å². The molecule has 1 aliphatic rings. The third-order valence-electron chi connectivity index (χ3n) is 4.07. The lowest BCUT2D eigenvalue weighted by molar-refractivity contribution is -0.122. The van der Waals surface area contributed by atoms with Crippen molar-refractivity contribution in [3.63, 3.8) is 0 Å². The number of rotatable bonds is 5. The van der Waals surface area contributed by atoms with Crippen LogP contribution in [-0.4, -0.2) is 20.3 Å². The Labute approximate surface area is 143 Å². The van der Waals surface area contributed by atoms with E-state index in [-0.39, 0.29) is 29.2 Å².